The molecule has 10 heteroatoms. The van der Waals surface area contributed by atoms with Crippen molar-refractivity contribution < 1.29 is 18.8 Å². The molecule has 1 unspecified atom stereocenters. The molecule has 2 heterocycles. The van der Waals surface area contributed by atoms with Crippen LogP contribution in [0.1, 0.15) is 25.0 Å². The van der Waals surface area contributed by atoms with Gasteiger partial charge in [-0.1, -0.05) is 17.7 Å². The van der Waals surface area contributed by atoms with Crippen molar-refractivity contribution in [2.75, 3.05) is 12.4 Å². The number of carbonyl (C=O) groups is 1. The van der Waals surface area contributed by atoms with Crippen LogP contribution in [0.25, 0.3) is 0 Å². The number of nitrogens with zero attached hydrogens (tertiary/aromatic N) is 2. The highest BCUT2D eigenvalue weighted by atomic mass is 35.5. The van der Waals surface area contributed by atoms with Crippen LogP contribution in [-0.4, -0.2) is 29.1 Å². The highest BCUT2D eigenvalue weighted by Gasteiger charge is 2.37. The van der Waals surface area contributed by atoms with E-state index in [2.05, 4.69) is 20.8 Å². The van der Waals surface area contributed by atoms with Crippen LogP contribution >= 0.6 is 22.9 Å². The van der Waals surface area contributed by atoms with Gasteiger partial charge >= 0.3 is 0 Å². The summed E-state index contributed by atoms with van der Waals surface area (Å²) in [6, 6.07) is 8.49. The minimum atomic E-state index is -0.574. The summed E-state index contributed by atoms with van der Waals surface area (Å²) in [6.45, 7) is 0. The number of ether oxygens (including phenoxy) is 1. The Balaban J connectivity index is 1.54. The van der Waals surface area contributed by atoms with Crippen LogP contribution in [-0.2, 0) is 16.1 Å². The van der Waals surface area contributed by atoms with Crippen LogP contribution in [0.15, 0.2) is 48.1 Å². The Morgan fingerprint density at radius 1 is 1.24 bits per heavy atom. The molecule has 3 aromatic rings. The van der Waals surface area contributed by atoms with Gasteiger partial charge in [0.2, 0.25) is 5.91 Å². The summed E-state index contributed by atoms with van der Waals surface area (Å²) in [7, 11) is 1.42. The van der Waals surface area contributed by atoms with Crippen LogP contribution in [0.2, 0.25) is 5.02 Å². The van der Waals surface area contributed by atoms with Gasteiger partial charge in [-0.2, -0.15) is 0 Å². The number of halogens is 2. The van der Waals surface area contributed by atoms with Gasteiger partial charge < -0.3 is 10.1 Å². The van der Waals surface area contributed by atoms with Gasteiger partial charge in [-0.25, -0.2) is 14.9 Å². The summed E-state index contributed by atoms with van der Waals surface area (Å²) in [6.07, 6.45) is 5.48. The van der Waals surface area contributed by atoms with Crippen molar-refractivity contribution in [2.45, 2.75) is 31.8 Å². The van der Waals surface area contributed by atoms with E-state index in [0.29, 0.717) is 25.7 Å². The summed E-state index contributed by atoms with van der Waals surface area (Å²) in [4.78, 5) is 26.4. The molecule has 1 amide bonds. The van der Waals surface area contributed by atoms with E-state index >= 15 is 0 Å². The Morgan fingerprint density at radius 3 is 2.91 bits per heavy atom. The lowest BCUT2D eigenvalue weighted by Crippen LogP contribution is -2.41. The molecule has 1 saturated carbocycles. The number of hydroxylamine groups is 1. The van der Waals surface area contributed by atoms with Crippen molar-refractivity contribution in [1.29, 1.82) is 0 Å². The largest absolute Gasteiger partial charge is 0.487 e. The van der Waals surface area contributed by atoms with E-state index in [1.54, 1.807) is 24.5 Å². The number of nitrogens with one attached hydrogen (secondary N) is 2. The Bertz CT molecular complexity index is 1090. The SMILES string of the molecule is CONC(=O)[C@H]1CC[C@H](Oc2cccc(Cl)c2F)CC1Cc1ncccc1Nc1nccs1. The Hall–Kier alpha value is -2.75. The topological polar surface area (TPSA) is 85.4 Å². The average Bonchev–Trinajstić information content (AvgIpc) is 3.32. The highest BCUT2D eigenvalue weighted by molar-refractivity contribution is 7.13. The number of thiazole rings is 1. The highest BCUT2D eigenvalue weighted by Crippen LogP contribution is 2.37. The predicted octanol–water partition coefficient (Wildman–Crippen LogP) is 5.16. The number of rotatable bonds is 8. The summed E-state index contributed by atoms with van der Waals surface area (Å²) in [5, 5.41) is 5.97. The molecule has 1 aliphatic carbocycles. The first-order chi connectivity index (χ1) is 16.0. The van der Waals surface area contributed by atoms with E-state index in [1.165, 1.54) is 24.5 Å². The molecule has 174 valence electrons. The minimum absolute atomic E-state index is 0.0172. The lowest BCUT2D eigenvalue weighted by molar-refractivity contribution is -0.139. The molecule has 0 spiro atoms. The minimum Gasteiger partial charge on any atom is -0.487 e. The van der Waals surface area contributed by atoms with E-state index in [-0.39, 0.29) is 34.6 Å². The third-order valence-corrected chi connectivity index (χ3v) is 6.68. The summed E-state index contributed by atoms with van der Waals surface area (Å²) < 4.78 is 20.4. The third-order valence-electron chi connectivity index (χ3n) is 5.70. The Kier molecular flexibility index (Phi) is 7.74. The molecule has 0 radical (unpaired) electrons. The van der Waals surface area contributed by atoms with E-state index in [4.69, 9.17) is 21.2 Å². The first kappa shape index (κ1) is 23.4. The first-order valence-electron chi connectivity index (χ1n) is 10.6. The zero-order valence-corrected chi connectivity index (χ0v) is 19.5. The van der Waals surface area contributed by atoms with Gasteiger partial charge in [-0.3, -0.25) is 14.6 Å². The maximum atomic E-state index is 14.4. The fourth-order valence-electron chi connectivity index (χ4n) is 4.19. The number of pyridine rings is 1. The van der Waals surface area contributed by atoms with Crippen molar-refractivity contribution in [3.8, 4) is 5.75 Å². The number of benzene rings is 1. The van der Waals surface area contributed by atoms with Crippen LogP contribution in [0.3, 0.4) is 0 Å². The number of anilines is 2. The maximum absolute atomic E-state index is 14.4. The first-order valence-corrected chi connectivity index (χ1v) is 11.8. The van der Waals surface area contributed by atoms with Crippen LogP contribution in [0.4, 0.5) is 15.2 Å². The fraction of sp³-hybridized carbons (Fsp3) is 0.348. The second kappa shape index (κ2) is 10.9. The number of aromatic nitrogens is 2. The predicted molar refractivity (Wildman–Crippen MR) is 125 cm³/mol. The second-order valence-electron chi connectivity index (χ2n) is 7.81. The van der Waals surface area contributed by atoms with Crippen LogP contribution in [0.5, 0.6) is 5.75 Å². The summed E-state index contributed by atoms with van der Waals surface area (Å²) in [5.74, 6) is -1.01. The van der Waals surface area contributed by atoms with Gasteiger partial charge in [0.1, 0.15) is 0 Å². The van der Waals surface area contributed by atoms with Gasteiger partial charge in [0, 0.05) is 23.7 Å². The number of amides is 1. The van der Waals surface area contributed by atoms with Crippen LogP contribution < -0.4 is 15.5 Å². The lowest BCUT2D eigenvalue weighted by atomic mass is 9.75. The molecular weight excluding hydrogens is 467 g/mol. The standard InChI is InChI=1S/C23H24ClFN4O3S/c1-31-29-22(30)16-8-7-15(32-20-6-2-4-17(24)21(20)25)12-14(16)13-19-18(5-3-9-26-19)28-23-27-10-11-33-23/h2-6,9-11,14-16H,7-8,12-13H2,1H3,(H,27,28)(H,29,30)/t14?,15-,16-/m0/s1. The Morgan fingerprint density at radius 2 is 2.12 bits per heavy atom. The van der Waals surface area contributed by atoms with Crippen molar-refractivity contribution in [1.82, 2.24) is 15.4 Å². The van der Waals surface area contributed by atoms with Crippen molar-refractivity contribution >= 4 is 39.7 Å². The zero-order valence-electron chi connectivity index (χ0n) is 18.0. The molecule has 33 heavy (non-hydrogen) atoms. The quantitative estimate of drug-likeness (QED) is 0.424. The van der Waals surface area contributed by atoms with E-state index < -0.39 is 5.82 Å². The van der Waals surface area contributed by atoms with Gasteiger partial charge in [-0.05, 0) is 55.9 Å². The maximum Gasteiger partial charge on any atom is 0.246 e. The van der Waals surface area contributed by atoms with Crippen molar-refractivity contribution in [3.05, 3.63) is 64.6 Å². The van der Waals surface area contributed by atoms with Crippen LogP contribution in [0, 0.1) is 17.7 Å². The number of hydrogen-bond donors (Lipinski definition) is 2. The monoisotopic (exact) mass is 490 g/mol. The summed E-state index contributed by atoms with van der Waals surface area (Å²) in [5.41, 5.74) is 4.12. The molecule has 1 aromatic carbocycles. The molecular formula is C23H24ClFN4O3S. The van der Waals surface area contributed by atoms with Gasteiger partial charge in [0.25, 0.3) is 0 Å². The molecule has 2 N–H and O–H groups in total. The molecule has 0 bridgehead atoms. The van der Waals surface area contributed by atoms with Crippen molar-refractivity contribution in [3.63, 3.8) is 0 Å². The number of carbonyl (C=O) groups excluding carboxylic acids is 1. The molecule has 3 atom stereocenters. The smallest absolute Gasteiger partial charge is 0.246 e. The molecule has 4 rings (SSSR count). The molecule has 0 aliphatic heterocycles. The fourth-order valence-corrected chi connectivity index (χ4v) is 4.90. The van der Waals surface area contributed by atoms with Crippen molar-refractivity contribution in [2.24, 2.45) is 11.8 Å². The van der Waals surface area contributed by atoms with E-state index in [9.17, 15) is 9.18 Å². The molecule has 0 saturated heterocycles. The normalized spacial score (nSPS) is 20.3. The van der Waals surface area contributed by atoms with E-state index in [1.807, 2.05) is 17.5 Å². The molecule has 2 aromatic heterocycles. The summed E-state index contributed by atoms with van der Waals surface area (Å²) >= 11 is 7.39. The van der Waals surface area contributed by atoms with Gasteiger partial charge in [0.15, 0.2) is 16.7 Å². The molecule has 7 nitrogen and oxygen atoms in total. The lowest BCUT2D eigenvalue weighted by Gasteiger charge is -2.35. The Labute approximate surface area is 200 Å². The molecule has 1 fully saturated rings. The van der Waals surface area contributed by atoms with E-state index in [0.717, 1.165) is 16.5 Å². The zero-order chi connectivity index (χ0) is 23.2. The van der Waals surface area contributed by atoms with Gasteiger partial charge in [0.05, 0.1) is 29.6 Å². The average molecular weight is 491 g/mol. The second-order valence-corrected chi connectivity index (χ2v) is 9.11. The van der Waals surface area contributed by atoms with Gasteiger partial charge in [-0.15, -0.1) is 11.3 Å². The molecule has 1 aliphatic rings. The third kappa shape index (κ3) is 5.79. The number of hydrogen-bond acceptors (Lipinski definition) is 7.